The highest BCUT2D eigenvalue weighted by molar-refractivity contribution is 6.35. The first-order chi connectivity index (χ1) is 16.5. The summed E-state index contributed by atoms with van der Waals surface area (Å²) >= 11 is 6.53. The van der Waals surface area contributed by atoms with Gasteiger partial charge in [0, 0.05) is 36.1 Å². The van der Waals surface area contributed by atoms with Gasteiger partial charge < -0.3 is 11.1 Å². The van der Waals surface area contributed by atoms with Crippen LogP contribution in [0, 0.1) is 0 Å². The molecule has 0 saturated carbocycles. The van der Waals surface area contributed by atoms with Crippen molar-refractivity contribution in [2.45, 2.75) is 0 Å². The Morgan fingerprint density at radius 3 is 2.59 bits per heavy atom. The molecule has 2 amide bonds. The highest BCUT2D eigenvalue weighted by Gasteiger charge is 2.20. The molecule has 0 saturated heterocycles. The van der Waals surface area contributed by atoms with Crippen molar-refractivity contribution in [3.05, 3.63) is 78.1 Å². The average molecular weight is 471 g/mol. The summed E-state index contributed by atoms with van der Waals surface area (Å²) in [6.45, 7) is 0. The number of benzene rings is 2. The Kier molecular flexibility index (Phi) is 5.52. The molecule has 0 unspecified atom stereocenters. The molecule has 0 atom stereocenters. The van der Waals surface area contributed by atoms with Crippen LogP contribution in [0.25, 0.3) is 33.5 Å². The molecule has 0 aliphatic heterocycles. The number of halogens is 1. The van der Waals surface area contributed by atoms with Crippen LogP contribution in [0.1, 0.15) is 0 Å². The number of nitrogens with two attached hydrogens (primary N) is 1. The van der Waals surface area contributed by atoms with Crippen LogP contribution >= 0.6 is 11.6 Å². The number of hydrogen-bond acceptors (Lipinski definition) is 6. The van der Waals surface area contributed by atoms with Gasteiger partial charge in [-0.2, -0.15) is 5.10 Å². The molecule has 0 spiro atoms. The second-order valence-corrected chi connectivity index (χ2v) is 7.91. The Bertz CT molecular complexity index is 1520. The lowest BCUT2D eigenvalue weighted by atomic mass is 10.0. The molecule has 3 heterocycles. The van der Waals surface area contributed by atoms with Crippen LogP contribution in [0.5, 0.6) is 0 Å². The summed E-state index contributed by atoms with van der Waals surface area (Å²) in [5.41, 5.74) is 9.70. The number of aryl methyl sites for hydroxylation is 1. The van der Waals surface area contributed by atoms with Gasteiger partial charge in [0.15, 0.2) is 11.6 Å². The Morgan fingerprint density at radius 2 is 1.82 bits per heavy atom. The molecule has 5 rings (SSSR count). The molecule has 0 aliphatic carbocycles. The molecule has 9 nitrogen and oxygen atoms in total. The number of carbonyl (C=O) groups is 1. The van der Waals surface area contributed by atoms with E-state index >= 15 is 0 Å². The fourth-order valence-electron chi connectivity index (χ4n) is 3.54. The average Bonchev–Trinajstić information content (AvgIpc) is 3.27. The van der Waals surface area contributed by atoms with Crippen molar-refractivity contribution in [2.75, 3.05) is 16.4 Å². The van der Waals surface area contributed by atoms with Crippen molar-refractivity contribution in [2.24, 2.45) is 7.05 Å². The molecule has 0 bridgehead atoms. The zero-order chi connectivity index (χ0) is 23.7. The van der Waals surface area contributed by atoms with Crippen molar-refractivity contribution < 1.29 is 4.79 Å². The molecule has 10 heteroatoms. The van der Waals surface area contributed by atoms with Gasteiger partial charge in [-0.1, -0.05) is 35.9 Å². The number of para-hydroxylation sites is 1. The standard InChI is InChI=1S/C24H19ClN8O/c1-33-11-9-18(32-33)21-20(15-12-14-6-5-10-27-19(14)17(25)13-15)30-23(22(26)29-21)31-24(34)28-16-7-3-2-4-8-16/h2-13H,1H3,(H2,26,29)(H2,28,30,31,34). The summed E-state index contributed by atoms with van der Waals surface area (Å²) < 4.78 is 1.66. The predicted molar refractivity (Wildman–Crippen MR) is 133 cm³/mol. The van der Waals surface area contributed by atoms with Gasteiger partial charge in [-0.3, -0.25) is 15.0 Å². The van der Waals surface area contributed by atoms with E-state index in [-0.39, 0.29) is 11.6 Å². The van der Waals surface area contributed by atoms with Crippen LogP contribution in [-0.2, 0) is 7.05 Å². The number of anilines is 3. The summed E-state index contributed by atoms with van der Waals surface area (Å²) in [4.78, 5) is 26.1. The van der Waals surface area contributed by atoms with Crippen LogP contribution in [0.3, 0.4) is 0 Å². The van der Waals surface area contributed by atoms with E-state index in [9.17, 15) is 4.79 Å². The largest absolute Gasteiger partial charge is 0.381 e. The number of urea groups is 1. The number of nitrogens with one attached hydrogen (secondary N) is 2. The summed E-state index contributed by atoms with van der Waals surface area (Å²) in [5, 5.41) is 11.2. The molecular weight excluding hydrogens is 452 g/mol. The third-order valence-corrected chi connectivity index (χ3v) is 5.36. The number of amides is 2. The van der Waals surface area contributed by atoms with Gasteiger partial charge in [-0.15, -0.1) is 0 Å². The van der Waals surface area contributed by atoms with Crippen LogP contribution in [0.4, 0.5) is 22.1 Å². The fraction of sp³-hybridized carbons (Fsp3) is 0.0417. The maximum Gasteiger partial charge on any atom is 0.324 e. The first-order valence-corrected chi connectivity index (χ1v) is 10.7. The Hall–Kier alpha value is -4.50. The first kappa shape index (κ1) is 21.4. The second-order valence-electron chi connectivity index (χ2n) is 7.51. The minimum Gasteiger partial charge on any atom is -0.381 e. The van der Waals surface area contributed by atoms with Crippen molar-refractivity contribution in [3.8, 4) is 22.6 Å². The molecule has 5 aromatic rings. The summed E-state index contributed by atoms with van der Waals surface area (Å²) in [6.07, 6.45) is 3.48. The zero-order valence-electron chi connectivity index (χ0n) is 18.0. The number of aromatic nitrogens is 5. The number of nitrogens with zero attached hydrogens (tertiary/aromatic N) is 5. The second kappa shape index (κ2) is 8.80. The molecule has 3 aromatic heterocycles. The molecule has 34 heavy (non-hydrogen) atoms. The number of fused-ring (bicyclic) bond motifs is 1. The van der Waals surface area contributed by atoms with Crippen molar-refractivity contribution in [1.82, 2.24) is 24.7 Å². The van der Waals surface area contributed by atoms with Crippen LogP contribution < -0.4 is 16.4 Å². The number of hydrogen-bond donors (Lipinski definition) is 3. The zero-order valence-corrected chi connectivity index (χ0v) is 18.8. The molecular formula is C24H19ClN8O. The predicted octanol–water partition coefficient (Wildman–Crippen LogP) is 4.97. The van der Waals surface area contributed by atoms with E-state index < -0.39 is 6.03 Å². The quantitative estimate of drug-likeness (QED) is 0.340. The smallest absolute Gasteiger partial charge is 0.324 e. The highest BCUT2D eigenvalue weighted by Crippen LogP contribution is 2.35. The summed E-state index contributed by atoms with van der Waals surface area (Å²) in [5.74, 6) is 0.173. The van der Waals surface area contributed by atoms with Crippen LogP contribution in [0.2, 0.25) is 5.02 Å². The lowest BCUT2D eigenvalue weighted by molar-refractivity contribution is 0.262. The Morgan fingerprint density at radius 1 is 1.00 bits per heavy atom. The van der Waals surface area contributed by atoms with E-state index in [0.717, 1.165) is 5.39 Å². The van der Waals surface area contributed by atoms with Crippen molar-refractivity contribution in [3.63, 3.8) is 0 Å². The molecule has 4 N–H and O–H groups in total. The first-order valence-electron chi connectivity index (χ1n) is 10.3. The highest BCUT2D eigenvalue weighted by atomic mass is 35.5. The van der Waals surface area contributed by atoms with Gasteiger partial charge in [0.05, 0.1) is 10.5 Å². The lowest BCUT2D eigenvalue weighted by Gasteiger charge is -2.14. The maximum absolute atomic E-state index is 12.6. The molecule has 0 aliphatic rings. The topological polar surface area (TPSA) is 124 Å². The number of rotatable bonds is 4. The Balaban J connectivity index is 1.60. The third-order valence-electron chi connectivity index (χ3n) is 5.07. The summed E-state index contributed by atoms with van der Waals surface area (Å²) in [7, 11) is 1.81. The van der Waals surface area contributed by atoms with Crippen LogP contribution in [-0.4, -0.2) is 30.8 Å². The van der Waals surface area contributed by atoms with E-state index in [2.05, 4.69) is 30.7 Å². The molecule has 0 fully saturated rings. The lowest BCUT2D eigenvalue weighted by Crippen LogP contribution is -2.21. The normalized spacial score (nSPS) is 10.9. The SMILES string of the molecule is Cn1ccc(-c2nc(N)c(NC(=O)Nc3ccccc3)nc2-c2cc(Cl)c3ncccc3c2)n1. The fourth-order valence-corrected chi connectivity index (χ4v) is 3.81. The minimum absolute atomic E-state index is 0.0566. The van der Waals surface area contributed by atoms with E-state index in [1.54, 1.807) is 35.3 Å². The van der Waals surface area contributed by atoms with Crippen molar-refractivity contribution in [1.29, 1.82) is 0 Å². The van der Waals surface area contributed by atoms with Gasteiger partial charge in [-0.25, -0.2) is 14.8 Å². The number of carbonyl (C=O) groups excluding carboxylic acids is 1. The van der Waals surface area contributed by atoms with Gasteiger partial charge in [0.2, 0.25) is 0 Å². The van der Waals surface area contributed by atoms with Gasteiger partial charge >= 0.3 is 6.03 Å². The monoisotopic (exact) mass is 470 g/mol. The number of pyridine rings is 1. The van der Waals surface area contributed by atoms with Gasteiger partial charge in [0.1, 0.15) is 17.1 Å². The Labute approximate surface area is 199 Å². The summed E-state index contributed by atoms with van der Waals surface area (Å²) in [6, 6.07) is 17.8. The number of nitrogen functional groups attached to an aromatic ring is 1. The molecule has 168 valence electrons. The molecule has 2 aromatic carbocycles. The third kappa shape index (κ3) is 4.24. The minimum atomic E-state index is -0.496. The van der Waals surface area contributed by atoms with Crippen molar-refractivity contribution >= 4 is 45.9 Å². The van der Waals surface area contributed by atoms with Gasteiger partial charge in [-0.05, 0) is 36.4 Å². The molecule has 0 radical (unpaired) electrons. The van der Waals surface area contributed by atoms with Crippen LogP contribution in [0.15, 0.2) is 73.1 Å². The van der Waals surface area contributed by atoms with E-state index in [1.165, 1.54) is 0 Å². The van der Waals surface area contributed by atoms with Gasteiger partial charge in [0.25, 0.3) is 0 Å². The van der Waals surface area contributed by atoms with E-state index in [1.807, 2.05) is 49.5 Å². The maximum atomic E-state index is 12.6. The van der Waals surface area contributed by atoms with E-state index in [0.29, 0.717) is 38.9 Å². The van der Waals surface area contributed by atoms with E-state index in [4.69, 9.17) is 17.3 Å².